The highest BCUT2D eigenvalue weighted by Crippen LogP contribution is 2.20. The molecule has 0 aromatic heterocycles. The largest absolute Gasteiger partial charge is 0.415 e. The Morgan fingerprint density at radius 1 is 1.39 bits per heavy atom. The number of carbonyl (C=O) groups is 1. The Morgan fingerprint density at radius 2 is 2.06 bits per heavy atom. The second-order valence-electron chi connectivity index (χ2n) is 5.06. The number of amides is 1. The molecule has 0 aliphatic heterocycles. The number of anilines is 1. The molecule has 0 saturated carbocycles. The van der Waals surface area contributed by atoms with E-state index in [0.717, 1.165) is 5.69 Å². The van der Waals surface area contributed by atoms with Crippen LogP contribution in [0.2, 0.25) is 0 Å². The Labute approximate surface area is 109 Å². The topological polar surface area (TPSA) is 41.6 Å². The van der Waals surface area contributed by atoms with Crippen LogP contribution in [0.25, 0.3) is 0 Å². The fourth-order valence-electron chi connectivity index (χ4n) is 1.75. The zero-order valence-corrected chi connectivity index (χ0v) is 11.8. The van der Waals surface area contributed by atoms with Crippen molar-refractivity contribution in [1.82, 2.24) is 4.90 Å². The summed E-state index contributed by atoms with van der Waals surface area (Å²) in [5, 5.41) is 3.01. The molecule has 0 aliphatic carbocycles. The van der Waals surface area contributed by atoms with Gasteiger partial charge in [0.15, 0.2) is 0 Å². The van der Waals surface area contributed by atoms with Crippen molar-refractivity contribution in [2.75, 3.05) is 18.9 Å². The van der Waals surface area contributed by atoms with E-state index >= 15 is 0 Å². The highest BCUT2D eigenvalue weighted by Gasteiger charge is 2.26. The molecule has 0 heterocycles. The number of nitrogens with zero attached hydrogens (tertiary/aromatic N) is 1. The van der Waals surface area contributed by atoms with Gasteiger partial charge in [-0.3, -0.25) is 0 Å². The average Bonchev–Trinajstić information content (AvgIpc) is 2.28. The van der Waals surface area contributed by atoms with Crippen molar-refractivity contribution in [2.24, 2.45) is 0 Å². The van der Waals surface area contributed by atoms with Gasteiger partial charge in [0.25, 0.3) is 0 Å². The summed E-state index contributed by atoms with van der Waals surface area (Å²) in [5.41, 5.74) is 0.672. The first kappa shape index (κ1) is 14.4. The fraction of sp³-hybridized carbons (Fsp3) is 0.500. The van der Waals surface area contributed by atoms with Crippen molar-refractivity contribution in [3.63, 3.8) is 0 Å². The van der Waals surface area contributed by atoms with E-state index in [2.05, 4.69) is 5.32 Å². The molecule has 100 valence electrons. The van der Waals surface area contributed by atoms with Crippen LogP contribution in [0.3, 0.4) is 0 Å². The predicted molar refractivity (Wildman–Crippen MR) is 74.1 cm³/mol. The Morgan fingerprint density at radius 3 is 2.56 bits per heavy atom. The van der Waals surface area contributed by atoms with E-state index in [1.807, 2.05) is 46.9 Å². The van der Waals surface area contributed by atoms with Crippen molar-refractivity contribution in [1.29, 1.82) is 0 Å². The molecule has 4 heteroatoms. The normalized spacial score (nSPS) is 10.9. The molecule has 1 N–H and O–H groups in total. The highest BCUT2D eigenvalue weighted by atomic mass is 16.6. The zero-order chi connectivity index (χ0) is 13.8. The lowest BCUT2D eigenvalue weighted by molar-refractivity contribution is 0.111. The summed E-state index contributed by atoms with van der Waals surface area (Å²) in [6.07, 6.45) is -0.321. The third-order valence-corrected chi connectivity index (χ3v) is 2.67. The average molecular weight is 250 g/mol. The summed E-state index contributed by atoms with van der Waals surface area (Å²) in [6, 6.07) is 7.34. The van der Waals surface area contributed by atoms with Gasteiger partial charge in [-0.1, -0.05) is 6.07 Å². The van der Waals surface area contributed by atoms with Crippen LogP contribution < -0.4 is 10.1 Å². The molecule has 4 nitrogen and oxygen atoms in total. The van der Waals surface area contributed by atoms with E-state index in [-0.39, 0.29) is 11.6 Å². The highest BCUT2D eigenvalue weighted by molar-refractivity contribution is 5.72. The first-order chi connectivity index (χ1) is 8.38. The van der Waals surface area contributed by atoms with Crippen molar-refractivity contribution >= 4 is 11.8 Å². The molecule has 1 amide bonds. The van der Waals surface area contributed by atoms with Crippen LogP contribution in [0.4, 0.5) is 10.5 Å². The molecule has 18 heavy (non-hydrogen) atoms. The Balaban J connectivity index is 2.80. The number of hydrogen-bond acceptors (Lipinski definition) is 3. The molecule has 0 saturated heterocycles. The third kappa shape index (κ3) is 3.65. The maximum absolute atomic E-state index is 12.1. The molecular weight excluding hydrogens is 228 g/mol. The third-order valence-electron chi connectivity index (χ3n) is 2.67. The molecule has 1 aromatic rings. The Hall–Kier alpha value is -1.71. The van der Waals surface area contributed by atoms with Crippen LogP contribution in [-0.2, 0) is 0 Å². The number of carbonyl (C=O) groups excluding carboxylic acids is 1. The Kier molecular flexibility index (Phi) is 4.59. The van der Waals surface area contributed by atoms with Crippen LogP contribution >= 0.6 is 0 Å². The molecule has 0 unspecified atom stereocenters. The lowest BCUT2D eigenvalue weighted by atomic mass is 10.1. The minimum Gasteiger partial charge on any atom is -0.410 e. The van der Waals surface area contributed by atoms with Crippen LogP contribution in [0.1, 0.15) is 27.7 Å². The first-order valence-corrected chi connectivity index (χ1v) is 6.15. The lowest BCUT2D eigenvalue weighted by Gasteiger charge is -2.33. The number of ether oxygens (including phenoxy) is 1. The van der Waals surface area contributed by atoms with Gasteiger partial charge in [-0.05, 0) is 39.8 Å². The van der Waals surface area contributed by atoms with Crippen LogP contribution in [0, 0.1) is 0 Å². The van der Waals surface area contributed by atoms with Crippen molar-refractivity contribution in [2.45, 2.75) is 33.2 Å². The maximum atomic E-state index is 12.1. The zero-order valence-electron chi connectivity index (χ0n) is 11.8. The van der Waals surface area contributed by atoms with E-state index < -0.39 is 0 Å². The molecular formula is C14H22N2O2. The fourth-order valence-corrected chi connectivity index (χ4v) is 1.75. The summed E-state index contributed by atoms with van der Waals surface area (Å²) in [4.78, 5) is 13.8. The van der Waals surface area contributed by atoms with E-state index in [9.17, 15) is 4.79 Å². The lowest BCUT2D eigenvalue weighted by Crippen LogP contribution is -2.46. The van der Waals surface area contributed by atoms with Crippen LogP contribution in [0.5, 0.6) is 5.75 Å². The molecule has 1 rings (SSSR count). The molecule has 0 radical (unpaired) electrons. The number of hydrogen-bond donors (Lipinski definition) is 1. The van der Waals surface area contributed by atoms with Gasteiger partial charge >= 0.3 is 6.09 Å². The van der Waals surface area contributed by atoms with E-state index in [1.165, 1.54) is 0 Å². The van der Waals surface area contributed by atoms with Gasteiger partial charge in [-0.25, -0.2) is 4.79 Å². The first-order valence-electron chi connectivity index (χ1n) is 6.15. The molecule has 0 spiro atoms. The maximum Gasteiger partial charge on any atom is 0.415 e. The van der Waals surface area contributed by atoms with E-state index in [1.54, 1.807) is 17.0 Å². The van der Waals surface area contributed by atoms with Gasteiger partial charge in [-0.15, -0.1) is 0 Å². The quantitative estimate of drug-likeness (QED) is 0.894. The summed E-state index contributed by atoms with van der Waals surface area (Å²) in [5.74, 6) is 0.551. The van der Waals surface area contributed by atoms with Crippen LogP contribution in [0.15, 0.2) is 24.3 Å². The van der Waals surface area contributed by atoms with Gasteiger partial charge in [0.05, 0.1) is 0 Å². The standard InChI is InChI=1S/C14H22N2O2/c1-6-16(14(2,3)4)13(17)18-12-9-7-8-11(10-12)15-5/h7-10,15H,6H2,1-5H3. The molecule has 0 aliphatic rings. The van der Waals surface area contributed by atoms with Crippen molar-refractivity contribution < 1.29 is 9.53 Å². The smallest absolute Gasteiger partial charge is 0.410 e. The number of nitrogens with one attached hydrogen (secondary N) is 1. The SMILES string of the molecule is CCN(C(=O)Oc1cccc(NC)c1)C(C)(C)C. The molecule has 0 bridgehead atoms. The van der Waals surface area contributed by atoms with Crippen molar-refractivity contribution in [3.8, 4) is 5.75 Å². The molecule has 0 fully saturated rings. The van der Waals surface area contributed by atoms with Gasteiger partial charge in [0, 0.05) is 30.9 Å². The molecule has 0 atom stereocenters. The minimum atomic E-state index is -0.321. The van der Waals surface area contributed by atoms with E-state index in [0.29, 0.717) is 12.3 Å². The van der Waals surface area contributed by atoms with Gasteiger partial charge in [0.1, 0.15) is 5.75 Å². The van der Waals surface area contributed by atoms with Crippen molar-refractivity contribution in [3.05, 3.63) is 24.3 Å². The van der Waals surface area contributed by atoms with Gasteiger partial charge in [-0.2, -0.15) is 0 Å². The second-order valence-corrected chi connectivity index (χ2v) is 5.06. The summed E-state index contributed by atoms with van der Waals surface area (Å²) in [6.45, 7) is 8.52. The summed E-state index contributed by atoms with van der Waals surface area (Å²) < 4.78 is 5.38. The van der Waals surface area contributed by atoms with E-state index in [4.69, 9.17) is 4.74 Å². The van der Waals surface area contributed by atoms with Gasteiger partial charge < -0.3 is 15.0 Å². The number of benzene rings is 1. The van der Waals surface area contributed by atoms with Crippen LogP contribution in [-0.4, -0.2) is 30.1 Å². The Bertz CT molecular complexity index is 411. The minimum absolute atomic E-state index is 0.244. The number of rotatable bonds is 3. The summed E-state index contributed by atoms with van der Waals surface area (Å²) in [7, 11) is 1.83. The monoisotopic (exact) mass is 250 g/mol. The predicted octanol–water partition coefficient (Wildman–Crippen LogP) is 3.35. The summed E-state index contributed by atoms with van der Waals surface area (Å²) >= 11 is 0. The van der Waals surface area contributed by atoms with Gasteiger partial charge in [0.2, 0.25) is 0 Å². The molecule has 1 aromatic carbocycles. The second kappa shape index (κ2) is 5.76.